The molecule has 0 amide bonds. The van der Waals surface area contributed by atoms with Gasteiger partial charge in [0.15, 0.2) is 11.6 Å². The van der Waals surface area contributed by atoms with Gasteiger partial charge in [0.1, 0.15) is 0 Å². The summed E-state index contributed by atoms with van der Waals surface area (Å²) < 4.78 is 27.2. The van der Waals surface area contributed by atoms with Gasteiger partial charge in [-0.3, -0.25) is 0 Å². The van der Waals surface area contributed by atoms with Crippen LogP contribution in [0.15, 0.2) is 18.2 Å². The molecule has 0 saturated heterocycles. The molecule has 0 radical (unpaired) electrons. The van der Waals surface area contributed by atoms with E-state index in [0.29, 0.717) is 6.07 Å². The Morgan fingerprint density at radius 1 is 1.53 bits per heavy atom. The molecule has 1 aromatic carbocycles. The maximum Gasteiger partial charge on any atom is 0.336 e. The van der Waals surface area contributed by atoms with Crippen LogP contribution in [0.1, 0.15) is 35.7 Å². The molecule has 0 spiro atoms. The summed E-state index contributed by atoms with van der Waals surface area (Å²) in [6.07, 6.45) is 3.40. The predicted molar refractivity (Wildman–Crippen MR) is 69.3 cm³/mol. The van der Waals surface area contributed by atoms with E-state index in [9.17, 15) is 13.6 Å². The first-order valence-corrected chi connectivity index (χ1v) is 6.01. The zero-order chi connectivity index (χ0) is 13.2. The quantitative estimate of drug-likeness (QED) is 0.508. The summed E-state index contributed by atoms with van der Waals surface area (Å²) in [5, 5.41) is 8.91. The second-order valence-electron chi connectivity index (χ2n) is 3.57. The van der Waals surface area contributed by atoms with Crippen molar-refractivity contribution in [2.24, 2.45) is 0 Å². The smallest absolute Gasteiger partial charge is 0.336 e. The topological polar surface area (TPSA) is 37.3 Å². The Labute approximate surface area is 111 Å². The molecular weight excluding hydrogens is 341 g/mol. The Kier molecular flexibility index (Phi) is 4.62. The number of halogens is 3. The first-order valence-electron chi connectivity index (χ1n) is 4.93. The first kappa shape index (κ1) is 14.1. The van der Waals surface area contributed by atoms with Crippen molar-refractivity contribution in [1.82, 2.24) is 0 Å². The summed E-state index contributed by atoms with van der Waals surface area (Å²) in [6, 6.07) is 0.714. The minimum atomic E-state index is -1.26. The van der Waals surface area contributed by atoms with Crippen LogP contribution in [0.2, 0.25) is 0 Å². The van der Waals surface area contributed by atoms with E-state index in [0.717, 1.165) is 0 Å². The van der Waals surface area contributed by atoms with Crippen LogP contribution in [0.5, 0.6) is 0 Å². The molecule has 0 saturated carbocycles. The Morgan fingerprint density at radius 2 is 2.12 bits per heavy atom. The highest BCUT2D eigenvalue weighted by Gasteiger charge is 2.22. The van der Waals surface area contributed by atoms with Gasteiger partial charge in [-0.25, -0.2) is 13.6 Å². The molecule has 0 aliphatic carbocycles. The van der Waals surface area contributed by atoms with E-state index in [4.69, 9.17) is 5.11 Å². The van der Waals surface area contributed by atoms with Crippen molar-refractivity contribution in [1.29, 1.82) is 0 Å². The molecule has 1 rings (SSSR count). The molecule has 5 heteroatoms. The van der Waals surface area contributed by atoms with Crippen molar-refractivity contribution < 1.29 is 18.7 Å². The summed E-state index contributed by atoms with van der Waals surface area (Å²) in [5.41, 5.74) is -0.128. The number of allylic oxidation sites excluding steroid dienone is 2. The maximum absolute atomic E-state index is 13.7. The van der Waals surface area contributed by atoms with Gasteiger partial charge in [-0.15, -0.1) is 0 Å². The molecule has 0 bridgehead atoms. The third-order valence-electron chi connectivity index (χ3n) is 2.36. The summed E-state index contributed by atoms with van der Waals surface area (Å²) in [6.45, 7) is 3.45. The van der Waals surface area contributed by atoms with Gasteiger partial charge in [0, 0.05) is 15.1 Å². The lowest BCUT2D eigenvalue weighted by Crippen LogP contribution is -2.09. The van der Waals surface area contributed by atoms with E-state index < -0.39 is 17.6 Å². The largest absolute Gasteiger partial charge is 0.478 e. The number of carbonyl (C=O) groups is 1. The average Bonchev–Trinajstić information content (AvgIpc) is 2.23. The lowest BCUT2D eigenvalue weighted by atomic mass is 9.97. The number of hydrogen-bond acceptors (Lipinski definition) is 1. The second-order valence-corrected chi connectivity index (χ2v) is 4.65. The van der Waals surface area contributed by atoms with Crippen molar-refractivity contribution in [3.63, 3.8) is 0 Å². The fourth-order valence-electron chi connectivity index (χ4n) is 1.56. The maximum atomic E-state index is 13.7. The van der Waals surface area contributed by atoms with E-state index in [2.05, 4.69) is 0 Å². The second kappa shape index (κ2) is 5.57. The molecule has 2 nitrogen and oxygen atoms in total. The van der Waals surface area contributed by atoms with Gasteiger partial charge in [0.05, 0.1) is 5.56 Å². The van der Waals surface area contributed by atoms with Crippen LogP contribution in [0.25, 0.3) is 0 Å². The minimum Gasteiger partial charge on any atom is -0.478 e. The van der Waals surface area contributed by atoms with Crippen LogP contribution >= 0.6 is 22.6 Å². The Bertz CT molecular complexity index is 484. The van der Waals surface area contributed by atoms with Gasteiger partial charge >= 0.3 is 5.97 Å². The van der Waals surface area contributed by atoms with E-state index >= 15 is 0 Å². The van der Waals surface area contributed by atoms with Crippen LogP contribution in [0.4, 0.5) is 8.78 Å². The monoisotopic (exact) mass is 352 g/mol. The van der Waals surface area contributed by atoms with Gasteiger partial charge in [0.25, 0.3) is 0 Å². The minimum absolute atomic E-state index is 0.0844. The Morgan fingerprint density at radius 3 is 2.59 bits per heavy atom. The molecule has 0 heterocycles. The van der Waals surface area contributed by atoms with Crippen molar-refractivity contribution >= 4 is 28.6 Å². The normalized spacial score (nSPS) is 13.0. The molecular formula is C12H11F2IO2. The third-order valence-corrected chi connectivity index (χ3v) is 3.52. The Balaban J connectivity index is 3.52. The molecule has 0 aliphatic rings. The van der Waals surface area contributed by atoms with Crippen molar-refractivity contribution in [3.8, 4) is 0 Å². The number of hydrogen-bond donors (Lipinski definition) is 1. The lowest BCUT2D eigenvalue weighted by molar-refractivity contribution is 0.0695. The summed E-state index contributed by atoms with van der Waals surface area (Å²) in [4.78, 5) is 10.9. The fraction of sp³-hybridized carbons (Fsp3) is 0.250. The highest BCUT2D eigenvalue weighted by atomic mass is 127. The van der Waals surface area contributed by atoms with E-state index in [-0.39, 0.29) is 20.6 Å². The van der Waals surface area contributed by atoms with Gasteiger partial charge in [-0.2, -0.15) is 0 Å². The number of aromatic carboxylic acids is 1. The van der Waals surface area contributed by atoms with Gasteiger partial charge in [-0.1, -0.05) is 19.1 Å². The summed E-state index contributed by atoms with van der Waals surface area (Å²) in [5.74, 6) is -3.75. The van der Waals surface area contributed by atoms with Gasteiger partial charge in [0.2, 0.25) is 0 Å². The molecule has 0 aliphatic heterocycles. The summed E-state index contributed by atoms with van der Waals surface area (Å²) >= 11 is 1.73. The highest BCUT2D eigenvalue weighted by molar-refractivity contribution is 14.1. The first-order chi connectivity index (χ1) is 7.90. The molecule has 1 unspecified atom stereocenters. The third kappa shape index (κ3) is 2.83. The molecule has 17 heavy (non-hydrogen) atoms. The molecule has 1 atom stereocenters. The standard InChI is InChI=1S/C12H11F2IO2/c1-3-4-6(2)9-10(14)8(13)5-7(11(9)15)12(16)17/h3-6H,1-2H3,(H,16,17)/b4-3+. The van der Waals surface area contributed by atoms with Crippen molar-refractivity contribution in [2.45, 2.75) is 19.8 Å². The lowest BCUT2D eigenvalue weighted by Gasteiger charge is -2.13. The van der Waals surface area contributed by atoms with Gasteiger partial charge in [-0.05, 0) is 35.6 Å². The van der Waals surface area contributed by atoms with Crippen molar-refractivity contribution in [3.05, 3.63) is 44.5 Å². The molecule has 1 aromatic rings. The van der Waals surface area contributed by atoms with Crippen LogP contribution < -0.4 is 0 Å². The zero-order valence-corrected chi connectivity index (χ0v) is 11.5. The van der Waals surface area contributed by atoms with Crippen LogP contribution in [-0.4, -0.2) is 11.1 Å². The predicted octanol–water partition coefficient (Wildman–Crippen LogP) is 3.95. The zero-order valence-electron chi connectivity index (χ0n) is 9.30. The number of carboxylic acids is 1. The van der Waals surface area contributed by atoms with E-state index in [1.165, 1.54) is 0 Å². The Hall–Kier alpha value is -0.980. The number of rotatable bonds is 3. The fourth-order valence-corrected chi connectivity index (χ4v) is 2.68. The average molecular weight is 352 g/mol. The van der Waals surface area contributed by atoms with Crippen molar-refractivity contribution in [2.75, 3.05) is 0 Å². The SMILES string of the molecule is C/C=C/C(C)c1c(F)c(F)cc(C(=O)O)c1I. The van der Waals surface area contributed by atoms with E-state index in [1.54, 1.807) is 48.6 Å². The number of carboxylic acid groups (broad SMARTS) is 1. The summed E-state index contributed by atoms with van der Waals surface area (Å²) in [7, 11) is 0. The molecule has 0 fully saturated rings. The molecule has 0 aromatic heterocycles. The molecule has 92 valence electrons. The number of benzene rings is 1. The van der Waals surface area contributed by atoms with Crippen LogP contribution in [0, 0.1) is 15.2 Å². The van der Waals surface area contributed by atoms with Crippen LogP contribution in [-0.2, 0) is 0 Å². The van der Waals surface area contributed by atoms with E-state index in [1.807, 2.05) is 0 Å². The van der Waals surface area contributed by atoms with Gasteiger partial charge < -0.3 is 5.11 Å². The highest BCUT2D eigenvalue weighted by Crippen LogP contribution is 2.30. The van der Waals surface area contributed by atoms with Crippen LogP contribution in [0.3, 0.4) is 0 Å². The molecule has 1 N–H and O–H groups in total.